The molecule has 1 atom stereocenters. The summed E-state index contributed by atoms with van der Waals surface area (Å²) in [4.78, 5) is 30.3. The van der Waals surface area contributed by atoms with E-state index >= 15 is 0 Å². The predicted octanol–water partition coefficient (Wildman–Crippen LogP) is 4.32. The lowest BCUT2D eigenvalue weighted by atomic mass is 10.00. The lowest BCUT2D eigenvalue weighted by molar-refractivity contribution is -0.117. The monoisotopic (exact) mass is 409 g/mol. The molecule has 0 bridgehead atoms. The normalized spacial score (nSPS) is 18.5. The molecule has 2 aromatic carbocycles. The van der Waals surface area contributed by atoms with E-state index in [-0.39, 0.29) is 11.8 Å². The number of carbonyl (C=O) groups is 2. The number of thioether (sulfide) groups is 1. The van der Waals surface area contributed by atoms with Crippen molar-refractivity contribution < 1.29 is 9.59 Å². The van der Waals surface area contributed by atoms with E-state index in [1.54, 1.807) is 0 Å². The molecular weight excluding hydrogens is 382 g/mol. The van der Waals surface area contributed by atoms with Crippen LogP contribution in [0.1, 0.15) is 32.3 Å². The van der Waals surface area contributed by atoms with Crippen molar-refractivity contribution in [2.75, 3.05) is 34.8 Å². The van der Waals surface area contributed by atoms with Gasteiger partial charge >= 0.3 is 0 Å². The van der Waals surface area contributed by atoms with Gasteiger partial charge in [-0.3, -0.25) is 9.59 Å². The molecule has 0 unspecified atom stereocenters. The zero-order valence-corrected chi connectivity index (χ0v) is 17.8. The Kier molecular flexibility index (Phi) is 5.81. The molecule has 0 saturated carbocycles. The first-order valence-electron chi connectivity index (χ1n) is 10.2. The molecule has 2 aliphatic heterocycles. The van der Waals surface area contributed by atoms with Gasteiger partial charge in [0.25, 0.3) is 0 Å². The van der Waals surface area contributed by atoms with Crippen molar-refractivity contribution in [3.63, 3.8) is 0 Å². The lowest BCUT2D eigenvalue weighted by Gasteiger charge is -2.34. The second-order valence-electron chi connectivity index (χ2n) is 7.75. The van der Waals surface area contributed by atoms with Crippen molar-refractivity contribution in [2.24, 2.45) is 0 Å². The number of rotatable bonds is 3. The van der Waals surface area contributed by atoms with Crippen LogP contribution in [0.2, 0.25) is 0 Å². The number of hydrogen-bond acceptors (Lipinski definition) is 4. The third kappa shape index (κ3) is 4.27. The molecule has 0 aromatic heterocycles. The lowest BCUT2D eigenvalue weighted by Crippen LogP contribution is -2.43. The van der Waals surface area contributed by atoms with E-state index in [0.717, 1.165) is 49.4 Å². The Labute approximate surface area is 176 Å². The van der Waals surface area contributed by atoms with Crippen molar-refractivity contribution in [1.82, 2.24) is 0 Å². The number of hydrogen-bond donors (Lipinski definition) is 1. The molecule has 2 amide bonds. The first-order chi connectivity index (χ1) is 14.0. The van der Waals surface area contributed by atoms with Gasteiger partial charge in [0.05, 0.1) is 23.6 Å². The first kappa shape index (κ1) is 19.8. The zero-order chi connectivity index (χ0) is 20.4. The average molecular weight is 410 g/mol. The smallest absolute Gasteiger partial charge is 0.246 e. The summed E-state index contributed by atoms with van der Waals surface area (Å²) >= 11 is 1.84. The number of nitrogens with zero attached hydrogens (tertiary/aromatic N) is 2. The third-order valence-electron chi connectivity index (χ3n) is 5.49. The van der Waals surface area contributed by atoms with E-state index < -0.39 is 0 Å². The van der Waals surface area contributed by atoms with Gasteiger partial charge in [0.2, 0.25) is 11.8 Å². The molecule has 0 aliphatic carbocycles. The second kappa shape index (κ2) is 8.49. The number of amides is 2. The fraction of sp³-hybridized carbons (Fsp3) is 0.391. The van der Waals surface area contributed by atoms with Crippen LogP contribution in [0.5, 0.6) is 0 Å². The fourth-order valence-electron chi connectivity index (χ4n) is 4.18. The number of fused-ring (bicyclic) bond motifs is 2. The van der Waals surface area contributed by atoms with Crippen LogP contribution in [0.15, 0.2) is 47.4 Å². The maximum atomic E-state index is 13.4. The molecule has 0 spiro atoms. The van der Waals surface area contributed by atoms with Gasteiger partial charge in [0.1, 0.15) is 0 Å². The Morgan fingerprint density at radius 1 is 1.14 bits per heavy atom. The van der Waals surface area contributed by atoms with Crippen LogP contribution in [0.3, 0.4) is 0 Å². The highest BCUT2D eigenvalue weighted by molar-refractivity contribution is 8.00. The molecule has 29 heavy (non-hydrogen) atoms. The molecule has 2 heterocycles. The van der Waals surface area contributed by atoms with Gasteiger partial charge < -0.3 is 15.1 Å². The van der Waals surface area contributed by atoms with Crippen molar-refractivity contribution in [3.05, 3.63) is 48.0 Å². The van der Waals surface area contributed by atoms with Crippen LogP contribution < -0.4 is 15.1 Å². The highest BCUT2D eigenvalue weighted by Crippen LogP contribution is 2.38. The van der Waals surface area contributed by atoms with Crippen LogP contribution in [0, 0.1) is 0 Å². The molecule has 0 fully saturated rings. The minimum absolute atomic E-state index is 0.0947. The molecule has 0 saturated heterocycles. The SMILES string of the molecule is CC(=O)Nc1cccc2c1N(CC(=O)N1CC[C@H](C)Sc3ccccc31)CCC2. The molecule has 2 aliphatic rings. The minimum Gasteiger partial charge on any atom is -0.360 e. The van der Waals surface area contributed by atoms with Crippen LogP contribution >= 0.6 is 11.8 Å². The van der Waals surface area contributed by atoms with Gasteiger partial charge in [-0.2, -0.15) is 0 Å². The van der Waals surface area contributed by atoms with E-state index in [2.05, 4.69) is 29.3 Å². The van der Waals surface area contributed by atoms with Gasteiger partial charge in [-0.15, -0.1) is 11.8 Å². The topological polar surface area (TPSA) is 52.7 Å². The number of para-hydroxylation sites is 2. The van der Waals surface area contributed by atoms with E-state index in [9.17, 15) is 9.59 Å². The standard InChI is InChI=1S/C23H27N3O2S/c1-16-12-14-26(20-10-3-4-11-21(20)29-16)22(28)15-25-13-6-8-18-7-5-9-19(23(18)25)24-17(2)27/h3-5,7,9-11,16H,6,8,12-15H2,1-2H3,(H,24,27)/t16-/m0/s1. The first-order valence-corrected chi connectivity index (χ1v) is 11.1. The van der Waals surface area contributed by atoms with E-state index in [1.165, 1.54) is 17.4 Å². The minimum atomic E-state index is -0.0947. The number of anilines is 3. The van der Waals surface area contributed by atoms with Gasteiger partial charge in [0.15, 0.2) is 0 Å². The van der Waals surface area contributed by atoms with Gasteiger partial charge in [-0.25, -0.2) is 0 Å². The molecule has 1 N–H and O–H groups in total. The summed E-state index contributed by atoms with van der Waals surface area (Å²) in [7, 11) is 0. The van der Waals surface area contributed by atoms with Crippen LogP contribution in [0.4, 0.5) is 17.1 Å². The number of nitrogens with one attached hydrogen (secondary N) is 1. The summed E-state index contributed by atoms with van der Waals surface area (Å²) in [5.74, 6) is 0.0142. The van der Waals surface area contributed by atoms with E-state index in [4.69, 9.17) is 0 Å². The Bertz CT molecular complexity index is 930. The van der Waals surface area contributed by atoms with E-state index in [1.807, 2.05) is 47.0 Å². The number of carbonyl (C=O) groups excluding carboxylic acids is 2. The Balaban J connectivity index is 1.61. The second-order valence-corrected chi connectivity index (χ2v) is 9.23. The summed E-state index contributed by atoms with van der Waals surface area (Å²) < 4.78 is 0. The highest BCUT2D eigenvalue weighted by Gasteiger charge is 2.28. The number of aryl methyl sites for hydroxylation is 1. The maximum Gasteiger partial charge on any atom is 0.246 e. The Morgan fingerprint density at radius 3 is 2.79 bits per heavy atom. The molecule has 0 radical (unpaired) electrons. The van der Waals surface area contributed by atoms with Crippen molar-refractivity contribution in [2.45, 2.75) is 43.3 Å². The maximum absolute atomic E-state index is 13.4. The van der Waals surface area contributed by atoms with Crippen molar-refractivity contribution >= 4 is 40.6 Å². The Hall–Kier alpha value is -2.47. The summed E-state index contributed by atoms with van der Waals surface area (Å²) in [5.41, 5.74) is 3.99. The van der Waals surface area contributed by atoms with Crippen LogP contribution in [-0.2, 0) is 16.0 Å². The molecule has 6 heteroatoms. The number of benzene rings is 2. The predicted molar refractivity (Wildman–Crippen MR) is 120 cm³/mol. The summed E-state index contributed by atoms with van der Waals surface area (Å²) in [6.07, 6.45) is 2.94. The molecule has 5 nitrogen and oxygen atoms in total. The molecule has 2 aromatic rings. The largest absolute Gasteiger partial charge is 0.360 e. The van der Waals surface area contributed by atoms with E-state index in [0.29, 0.717) is 11.8 Å². The van der Waals surface area contributed by atoms with Crippen LogP contribution in [0.25, 0.3) is 0 Å². The Morgan fingerprint density at radius 2 is 1.97 bits per heavy atom. The van der Waals surface area contributed by atoms with Gasteiger partial charge in [-0.1, -0.05) is 31.2 Å². The molecular formula is C23H27N3O2S. The quantitative estimate of drug-likeness (QED) is 0.821. The average Bonchev–Trinajstić information content (AvgIpc) is 2.86. The fourth-order valence-corrected chi connectivity index (χ4v) is 5.29. The summed E-state index contributed by atoms with van der Waals surface area (Å²) in [6.45, 7) is 5.60. The summed E-state index contributed by atoms with van der Waals surface area (Å²) in [6, 6.07) is 14.2. The summed E-state index contributed by atoms with van der Waals surface area (Å²) in [5, 5.41) is 3.42. The molecule has 4 rings (SSSR count). The molecule has 152 valence electrons. The van der Waals surface area contributed by atoms with Gasteiger partial charge in [0, 0.05) is 30.2 Å². The van der Waals surface area contributed by atoms with Crippen molar-refractivity contribution in [1.29, 1.82) is 0 Å². The highest BCUT2D eigenvalue weighted by atomic mass is 32.2. The van der Waals surface area contributed by atoms with Crippen molar-refractivity contribution in [3.8, 4) is 0 Å². The van der Waals surface area contributed by atoms with Gasteiger partial charge in [-0.05, 0) is 43.0 Å². The third-order valence-corrected chi connectivity index (χ3v) is 6.73. The van der Waals surface area contributed by atoms with Crippen LogP contribution in [-0.4, -0.2) is 36.7 Å². The zero-order valence-electron chi connectivity index (χ0n) is 17.0.